The summed E-state index contributed by atoms with van der Waals surface area (Å²) in [7, 11) is 0. The van der Waals surface area contributed by atoms with Crippen LogP contribution >= 0.6 is 11.6 Å². The predicted molar refractivity (Wildman–Crippen MR) is 104 cm³/mol. The first-order chi connectivity index (χ1) is 13.6. The molecule has 0 saturated heterocycles. The Balaban J connectivity index is 1.57. The molecule has 0 saturated carbocycles. The molecule has 4 rings (SSSR count). The van der Waals surface area contributed by atoms with Crippen LogP contribution in [0.2, 0.25) is 5.02 Å². The maximum absolute atomic E-state index is 11.7. The molecule has 0 fully saturated rings. The van der Waals surface area contributed by atoms with Crippen LogP contribution in [0, 0.1) is 0 Å². The zero-order valence-corrected chi connectivity index (χ0v) is 15.5. The highest BCUT2D eigenvalue weighted by Gasteiger charge is 2.38. The van der Waals surface area contributed by atoms with Gasteiger partial charge in [0.25, 0.3) is 0 Å². The minimum atomic E-state index is -1.16. The van der Waals surface area contributed by atoms with Gasteiger partial charge in [0.05, 0.1) is 0 Å². The van der Waals surface area contributed by atoms with E-state index in [1.165, 1.54) is 0 Å². The minimum absolute atomic E-state index is 0.302. The van der Waals surface area contributed by atoms with Crippen molar-refractivity contribution in [3.8, 4) is 17.2 Å². The molecule has 0 aromatic heterocycles. The van der Waals surface area contributed by atoms with Crippen molar-refractivity contribution in [2.24, 2.45) is 0 Å². The lowest BCUT2D eigenvalue weighted by Gasteiger charge is -2.32. The van der Waals surface area contributed by atoms with Crippen molar-refractivity contribution in [1.29, 1.82) is 0 Å². The molecule has 0 amide bonds. The number of para-hydroxylation sites is 2. The van der Waals surface area contributed by atoms with Crippen LogP contribution < -0.4 is 14.2 Å². The van der Waals surface area contributed by atoms with E-state index in [0.717, 1.165) is 5.56 Å². The van der Waals surface area contributed by atoms with Crippen molar-refractivity contribution in [2.75, 3.05) is 0 Å². The van der Waals surface area contributed by atoms with Crippen molar-refractivity contribution in [2.45, 2.75) is 18.8 Å². The largest absolute Gasteiger partial charge is 0.489 e. The summed E-state index contributed by atoms with van der Waals surface area (Å²) >= 11 is 6.16. The van der Waals surface area contributed by atoms with Gasteiger partial charge in [-0.1, -0.05) is 54.1 Å². The molecule has 3 aromatic carbocycles. The minimum Gasteiger partial charge on any atom is -0.489 e. The molecule has 142 valence electrons. The zero-order valence-electron chi connectivity index (χ0n) is 14.7. The van der Waals surface area contributed by atoms with Gasteiger partial charge < -0.3 is 19.3 Å². The van der Waals surface area contributed by atoms with Gasteiger partial charge in [-0.2, -0.15) is 0 Å². The number of benzene rings is 3. The molecule has 5 nitrogen and oxygen atoms in total. The Labute approximate surface area is 167 Å². The fraction of sp³-hybridized carbons (Fsp3) is 0.136. The molecule has 1 heterocycles. The van der Waals surface area contributed by atoms with Crippen LogP contribution in [0.4, 0.5) is 0 Å². The number of carboxylic acids is 1. The van der Waals surface area contributed by atoms with Crippen molar-refractivity contribution >= 4 is 17.6 Å². The molecule has 1 aliphatic rings. The van der Waals surface area contributed by atoms with Crippen molar-refractivity contribution < 1.29 is 24.1 Å². The van der Waals surface area contributed by atoms with Crippen molar-refractivity contribution in [3.63, 3.8) is 0 Å². The number of ether oxygens (including phenoxy) is 3. The summed E-state index contributed by atoms with van der Waals surface area (Å²) in [6.07, 6.45) is -1.95. The first-order valence-electron chi connectivity index (χ1n) is 8.73. The van der Waals surface area contributed by atoms with Gasteiger partial charge in [-0.05, 0) is 30.3 Å². The van der Waals surface area contributed by atoms with E-state index in [-0.39, 0.29) is 0 Å². The van der Waals surface area contributed by atoms with E-state index in [9.17, 15) is 9.90 Å². The van der Waals surface area contributed by atoms with Gasteiger partial charge in [0.1, 0.15) is 12.4 Å². The third-order valence-corrected chi connectivity index (χ3v) is 4.78. The maximum atomic E-state index is 11.7. The first kappa shape index (κ1) is 18.2. The van der Waals surface area contributed by atoms with E-state index in [0.29, 0.717) is 34.4 Å². The topological polar surface area (TPSA) is 65.0 Å². The van der Waals surface area contributed by atoms with Crippen LogP contribution in [0.1, 0.15) is 17.2 Å². The Morgan fingerprint density at radius 3 is 2.43 bits per heavy atom. The molecule has 1 N–H and O–H groups in total. The number of hydrogen-bond acceptors (Lipinski definition) is 4. The standard InChI is InChI=1S/C22H17ClO5/c23-17-9-2-1-6-15(17)13-26-16-8-5-7-14(12-16)20-21(22(24)25)28-19-11-4-3-10-18(19)27-20/h1-12,20-21H,13H2,(H,24,25). The maximum Gasteiger partial charge on any atom is 0.349 e. The van der Waals surface area contributed by atoms with E-state index >= 15 is 0 Å². The Hall–Kier alpha value is -3.18. The number of fused-ring (bicyclic) bond motifs is 1. The second kappa shape index (κ2) is 7.82. The molecule has 0 aliphatic carbocycles. The van der Waals surface area contributed by atoms with Crippen LogP contribution in [0.3, 0.4) is 0 Å². The van der Waals surface area contributed by atoms with E-state index in [1.54, 1.807) is 48.5 Å². The predicted octanol–water partition coefficient (Wildman–Crippen LogP) is 4.88. The summed E-state index contributed by atoms with van der Waals surface area (Å²) < 4.78 is 17.5. The van der Waals surface area contributed by atoms with Crippen LogP contribution in [-0.2, 0) is 11.4 Å². The molecular weight excluding hydrogens is 380 g/mol. The van der Waals surface area contributed by atoms with E-state index in [1.807, 2.05) is 24.3 Å². The van der Waals surface area contributed by atoms with Crippen molar-refractivity contribution in [3.05, 3.63) is 88.9 Å². The number of rotatable bonds is 5. The average molecular weight is 397 g/mol. The molecule has 2 unspecified atom stereocenters. The number of halogens is 1. The molecule has 0 radical (unpaired) electrons. The summed E-state index contributed by atoms with van der Waals surface area (Å²) in [6, 6.07) is 21.6. The van der Waals surface area contributed by atoms with Crippen LogP contribution in [0.25, 0.3) is 0 Å². The second-order valence-electron chi connectivity index (χ2n) is 6.31. The SMILES string of the molecule is O=C(O)C1Oc2ccccc2OC1c1cccc(OCc2ccccc2Cl)c1. The molecule has 2 atom stereocenters. The van der Waals surface area contributed by atoms with Gasteiger partial charge in [0, 0.05) is 16.1 Å². The van der Waals surface area contributed by atoms with Gasteiger partial charge in [-0.3, -0.25) is 0 Å². The highest BCUT2D eigenvalue weighted by Crippen LogP contribution is 2.40. The van der Waals surface area contributed by atoms with Crippen molar-refractivity contribution in [1.82, 2.24) is 0 Å². The van der Waals surface area contributed by atoms with E-state index in [4.69, 9.17) is 25.8 Å². The fourth-order valence-electron chi connectivity index (χ4n) is 3.02. The highest BCUT2D eigenvalue weighted by molar-refractivity contribution is 6.31. The van der Waals surface area contributed by atoms with Gasteiger partial charge in [0.2, 0.25) is 6.10 Å². The number of aliphatic carboxylic acids is 1. The molecule has 28 heavy (non-hydrogen) atoms. The molecule has 3 aromatic rings. The number of carbonyl (C=O) groups is 1. The third kappa shape index (κ3) is 3.75. The smallest absolute Gasteiger partial charge is 0.349 e. The Morgan fingerprint density at radius 1 is 0.964 bits per heavy atom. The van der Waals surface area contributed by atoms with E-state index in [2.05, 4.69) is 0 Å². The lowest BCUT2D eigenvalue weighted by Crippen LogP contribution is -2.39. The zero-order chi connectivity index (χ0) is 19.5. The fourth-order valence-corrected chi connectivity index (χ4v) is 3.21. The number of carboxylic acid groups (broad SMARTS) is 1. The molecular formula is C22H17ClO5. The van der Waals surface area contributed by atoms with Gasteiger partial charge in [-0.25, -0.2) is 4.79 Å². The first-order valence-corrected chi connectivity index (χ1v) is 9.11. The van der Waals surface area contributed by atoms with Gasteiger partial charge in [-0.15, -0.1) is 0 Å². The third-order valence-electron chi connectivity index (χ3n) is 4.41. The summed E-state index contributed by atoms with van der Waals surface area (Å²) in [6.45, 7) is 0.302. The Morgan fingerprint density at radius 2 is 1.68 bits per heavy atom. The monoisotopic (exact) mass is 396 g/mol. The summed E-state index contributed by atoms with van der Waals surface area (Å²) in [5, 5.41) is 10.2. The normalized spacial score (nSPS) is 17.8. The molecule has 0 spiro atoms. The van der Waals surface area contributed by atoms with Crippen LogP contribution in [0.5, 0.6) is 17.2 Å². The van der Waals surface area contributed by atoms with Gasteiger partial charge >= 0.3 is 5.97 Å². The Bertz CT molecular complexity index is 1000. The lowest BCUT2D eigenvalue weighted by atomic mass is 10.0. The quantitative estimate of drug-likeness (QED) is 0.665. The Kier molecular flexibility index (Phi) is 5.08. The van der Waals surface area contributed by atoms with Crippen LogP contribution in [-0.4, -0.2) is 17.2 Å². The molecule has 1 aliphatic heterocycles. The number of hydrogen-bond donors (Lipinski definition) is 1. The second-order valence-corrected chi connectivity index (χ2v) is 6.72. The molecule has 0 bridgehead atoms. The highest BCUT2D eigenvalue weighted by atomic mass is 35.5. The average Bonchev–Trinajstić information content (AvgIpc) is 2.72. The van der Waals surface area contributed by atoms with E-state index < -0.39 is 18.2 Å². The molecule has 6 heteroatoms. The summed E-state index contributed by atoms with van der Waals surface area (Å²) in [5.41, 5.74) is 1.52. The lowest BCUT2D eigenvalue weighted by molar-refractivity contribution is -0.151. The van der Waals surface area contributed by atoms with Crippen LogP contribution in [0.15, 0.2) is 72.8 Å². The summed E-state index contributed by atoms with van der Waals surface area (Å²) in [4.78, 5) is 11.7. The summed E-state index contributed by atoms with van der Waals surface area (Å²) in [5.74, 6) is 0.413. The van der Waals surface area contributed by atoms with Gasteiger partial charge in [0.15, 0.2) is 17.6 Å².